The summed E-state index contributed by atoms with van der Waals surface area (Å²) in [4.78, 5) is 21.2. The summed E-state index contributed by atoms with van der Waals surface area (Å²) >= 11 is 0. The number of carbonyl (C=O) groups is 1. The zero-order chi connectivity index (χ0) is 16.1. The van der Waals surface area contributed by atoms with Gasteiger partial charge in [-0.3, -0.25) is 9.78 Å². The van der Waals surface area contributed by atoms with Crippen LogP contribution in [0.5, 0.6) is 0 Å². The minimum Gasteiger partial charge on any atom is -0.396 e. The summed E-state index contributed by atoms with van der Waals surface area (Å²) in [6, 6.07) is 5.87. The van der Waals surface area contributed by atoms with E-state index in [9.17, 15) is 4.79 Å². The van der Waals surface area contributed by atoms with Crippen LogP contribution in [0.15, 0.2) is 24.4 Å². The number of likely N-dealkylation sites (tertiary alicyclic amines) is 2. The van der Waals surface area contributed by atoms with Crippen molar-refractivity contribution in [2.45, 2.75) is 38.6 Å². The Balaban J connectivity index is 1.65. The SMILES string of the molecule is O=C1CC[C@]2(CCCN(CCCO)C2)CN1Cc1ccccn1. The largest absolute Gasteiger partial charge is 0.396 e. The Morgan fingerprint density at radius 1 is 1.26 bits per heavy atom. The van der Waals surface area contributed by atoms with Gasteiger partial charge in [-0.25, -0.2) is 0 Å². The van der Waals surface area contributed by atoms with Gasteiger partial charge in [-0.05, 0) is 44.4 Å². The van der Waals surface area contributed by atoms with Gasteiger partial charge in [0.15, 0.2) is 0 Å². The lowest BCUT2D eigenvalue weighted by atomic mass is 9.73. The standard InChI is InChI=1S/C18H27N3O2/c22-12-4-11-20-10-3-7-18(14-20)8-6-17(23)21(15-18)13-16-5-1-2-9-19-16/h1-2,5,9,22H,3-4,6-8,10-15H2/t18-/m0/s1. The number of nitrogens with zero attached hydrogens (tertiary/aromatic N) is 3. The first-order chi connectivity index (χ1) is 11.2. The van der Waals surface area contributed by atoms with E-state index < -0.39 is 0 Å². The predicted octanol–water partition coefficient (Wildman–Crippen LogP) is 1.67. The summed E-state index contributed by atoms with van der Waals surface area (Å²) in [5.74, 6) is 0.258. The lowest BCUT2D eigenvalue weighted by Gasteiger charge is -2.48. The molecule has 0 unspecified atom stereocenters. The Morgan fingerprint density at radius 3 is 2.96 bits per heavy atom. The lowest BCUT2D eigenvalue weighted by molar-refractivity contribution is -0.140. The first-order valence-corrected chi connectivity index (χ1v) is 8.72. The van der Waals surface area contributed by atoms with Crippen LogP contribution in [0.25, 0.3) is 0 Å². The summed E-state index contributed by atoms with van der Waals surface area (Å²) in [6.45, 7) is 4.87. The average molecular weight is 317 g/mol. The van der Waals surface area contributed by atoms with Crippen LogP contribution in [-0.2, 0) is 11.3 Å². The van der Waals surface area contributed by atoms with E-state index in [0.717, 1.165) is 44.7 Å². The van der Waals surface area contributed by atoms with Gasteiger partial charge in [0.2, 0.25) is 5.91 Å². The fourth-order valence-corrected chi connectivity index (χ4v) is 4.06. The second-order valence-electron chi connectivity index (χ2n) is 7.03. The number of carbonyl (C=O) groups excluding carboxylic acids is 1. The van der Waals surface area contributed by atoms with Gasteiger partial charge in [-0.15, -0.1) is 0 Å². The Hall–Kier alpha value is -1.46. The molecule has 23 heavy (non-hydrogen) atoms. The predicted molar refractivity (Wildman–Crippen MR) is 88.7 cm³/mol. The molecule has 5 heteroatoms. The van der Waals surface area contributed by atoms with Gasteiger partial charge in [0.1, 0.15) is 0 Å². The summed E-state index contributed by atoms with van der Waals surface area (Å²) in [5, 5.41) is 9.05. The lowest BCUT2D eigenvalue weighted by Crippen LogP contribution is -2.53. The molecule has 2 fully saturated rings. The van der Waals surface area contributed by atoms with Crippen molar-refractivity contribution >= 4 is 5.91 Å². The molecule has 0 radical (unpaired) electrons. The van der Waals surface area contributed by atoms with Gasteiger partial charge in [-0.1, -0.05) is 6.07 Å². The molecule has 1 spiro atoms. The molecule has 3 heterocycles. The average Bonchev–Trinajstić information content (AvgIpc) is 2.58. The minimum atomic E-state index is 0.233. The van der Waals surface area contributed by atoms with Crippen molar-refractivity contribution in [1.82, 2.24) is 14.8 Å². The molecular formula is C18H27N3O2. The van der Waals surface area contributed by atoms with Gasteiger partial charge in [0.25, 0.3) is 0 Å². The number of rotatable bonds is 5. The highest BCUT2D eigenvalue weighted by Gasteiger charge is 2.41. The Labute approximate surface area is 138 Å². The van der Waals surface area contributed by atoms with Crippen molar-refractivity contribution in [3.05, 3.63) is 30.1 Å². The number of aromatic nitrogens is 1. The molecule has 3 rings (SSSR count). The number of pyridine rings is 1. The van der Waals surface area contributed by atoms with Crippen molar-refractivity contribution in [2.75, 3.05) is 32.8 Å². The quantitative estimate of drug-likeness (QED) is 0.897. The zero-order valence-electron chi connectivity index (χ0n) is 13.8. The van der Waals surface area contributed by atoms with Gasteiger partial charge >= 0.3 is 0 Å². The monoisotopic (exact) mass is 317 g/mol. The summed E-state index contributed by atoms with van der Waals surface area (Å²) in [6.07, 6.45) is 6.68. The molecule has 1 amide bonds. The first-order valence-electron chi connectivity index (χ1n) is 8.72. The smallest absolute Gasteiger partial charge is 0.222 e. The molecule has 1 atom stereocenters. The minimum absolute atomic E-state index is 0.233. The maximum atomic E-state index is 12.3. The van der Waals surface area contributed by atoms with Gasteiger partial charge in [-0.2, -0.15) is 0 Å². The van der Waals surface area contributed by atoms with Crippen LogP contribution in [-0.4, -0.2) is 58.6 Å². The number of piperidine rings is 2. The molecule has 0 aromatic carbocycles. The van der Waals surface area contributed by atoms with Crippen LogP contribution < -0.4 is 0 Å². The van der Waals surface area contributed by atoms with Crippen molar-refractivity contribution in [3.8, 4) is 0 Å². The van der Waals surface area contributed by atoms with E-state index in [1.807, 2.05) is 23.1 Å². The molecule has 2 saturated heterocycles. The summed E-state index contributed by atoms with van der Waals surface area (Å²) in [7, 11) is 0. The van der Waals surface area contributed by atoms with Crippen LogP contribution >= 0.6 is 0 Å². The number of aliphatic hydroxyl groups excluding tert-OH is 1. The maximum Gasteiger partial charge on any atom is 0.222 e. The fourth-order valence-electron chi connectivity index (χ4n) is 4.06. The molecule has 1 N–H and O–H groups in total. The van der Waals surface area contributed by atoms with Crippen molar-refractivity contribution in [3.63, 3.8) is 0 Å². The van der Waals surface area contributed by atoms with Crippen LogP contribution in [0.3, 0.4) is 0 Å². The van der Waals surface area contributed by atoms with Crippen LogP contribution in [0.4, 0.5) is 0 Å². The highest BCUT2D eigenvalue weighted by molar-refractivity contribution is 5.77. The maximum absolute atomic E-state index is 12.3. The van der Waals surface area contributed by atoms with E-state index >= 15 is 0 Å². The van der Waals surface area contributed by atoms with Crippen molar-refractivity contribution < 1.29 is 9.90 Å². The fraction of sp³-hybridized carbons (Fsp3) is 0.667. The third-order valence-corrected chi connectivity index (χ3v) is 5.20. The number of aliphatic hydroxyl groups is 1. The molecule has 1 aromatic heterocycles. The highest BCUT2D eigenvalue weighted by Crippen LogP contribution is 2.39. The van der Waals surface area contributed by atoms with Crippen LogP contribution in [0.1, 0.15) is 37.8 Å². The Morgan fingerprint density at radius 2 is 2.17 bits per heavy atom. The van der Waals surface area contributed by atoms with Crippen molar-refractivity contribution in [2.24, 2.45) is 5.41 Å². The van der Waals surface area contributed by atoms with Crippen LogP contribution in [0, 0.1) is 5.41 Å². The molecule has 0 bridgehead atoms. The molecule has 2 aliphatic rings. The summed E-state index contributed by atoms with van der Waals surface area (Å²) < 4.78 is 0. The van der Waals surface area contributed by atoms with E-state index in [-0.39, 0.29) is 17.9 Å². The first kappa shape index (κ1) is 16.4. The molecular weight excluding hydrogens is 290 g/mol. The zero-order valence-corrected chi connectivity index (χ0v) is 13.8. The molecule has 0 aliphatic carbocycles. The molecule has 2 aliphatic heterocycles. The summed E-state index contributed by atoms with van der Waals surface area (Å²) in [5.41, 5.74) is 1.20. The van der Waals surface area contributed by atoms with Crippen molar-refractivity contribution in [1.29, 1.82) is 0 Å². The normalized spacial score (nSPS) is 26.0. The topological polar surface area (TPSA) is 56.7 Å². The second kappa shape index (κ2) is 7.41. The Bertz CT molecular complexity index is 522. The van der Waals surface area contributed by atoms with E-state index in [1.165, 1.54) is 12.8 Å². The number of amides is 1. The molecule has 126 valence electrons. The van der Waals surface area contributed by atoms with E-state index in [2.05, 4.69) is 9.88 Å². The van der Waals surface area contributed by atoms with Gasteiger partial charge in [0, 0.05) is 44.3 Å². The van der Waals surface area contributed by atoms with Gasteiger partial charge in [0.05, 0.1) is 12.2 Å². The Kier molecular flexibility index (Phi) is 5.28. The molecule has 0 saturated carbocycles. The number of hydrogen-bond acceptors (Lipinski definition) is 4. The number of hydrogen-bond donors (Lipinski definition) is 1. The van der Waals surface area contributed by atoms with Gasteiger partial charge < -0.3 is 14.9 Å². The van der Waals surface area contributed by atoms with Crippen LogP contribution in [0.2, 0.25) is 0 Å². The van der Waals surface area contributed by atoms with E-state index in [0.29, 0.717) is 13.0 Å². The molecule has 1 aromatic rings. The highest BCUT2D eigenvalue weighted by atomic mass is 16.3. The third-order valence-electron chi connectivity index (χ3n) is 5.20. The molecule has 5 nitrogen and oxygen atoms in total. The third kappa shape index (κ3) is 4.09. The van der Waals surface area contributed by atoms with E-state index in [4.69, 9.17) is 5.11 Å². The van der Waals surface area contributed by atoms with E-state index in [1.54, 1.807) is 6.20 Å². The second-order valence-corrected chi connectivity index (χ2v) is 7.03.